The van der Waals surface area contributed by atoms with E-state index in [9.17, 15) is 17.9 Å². The van der Waals surface area contributed by atoms with Crippen molar-refractivity contribution in [3.05, 3.63) is 23.0 Å². The second-order valence-electron chi connectivity index (χ2n) is 5.00. The molecule has 1 aliphatic rings. The molecule has 4 N–H and O–H groups in total. The number of rotatable bonds is 4. The lowest BCUT2D eigenvalue weighted by molar-refractivity contribution is -0.0228. The summed E-state index contributed by atoms with van der Waals surface area (Å²) in [5, 5.41) is 9.99. The summed E-state index contributed by atoms with van der Waals surface area (Å²) in [5.41, 5.74) is 3.75. The number of ether oxygens (including phenoxy) is 1. The molecule has 0 amide bonds. The molecule has 1 aromatic carbocycles. The smallest absolute Gasteiger partial charge is 0.242 e. The lowest BCUT2D eigenvalue weighted by Gasteiger charge is -2.26. The minimum atomic E-state index is -4.02. The van der Waals surface area contributed by atoms with Crippen molar-refractivity contribution in [3.63, 3.8) is 0 Å². The molecule has 0 radical (unpaired) electrons. The van der Waals surface area contributed by atoms with Crippen molar-refractivity contribution in [1.29, 1.82) is 0 Å². The zero-order chi connectivity index (χ0) is 15.8. The van der Waals surface area contributed by atoms with Gasteiger partial charge in [0.15, 0.2) is 0 Å². The second-order valence-corrected chi connectivity index (χ2v) is 7.14. The number of anilines is 1. The van der Waals surface area contributed by atoms with Gasteiger partial charge in [-0.25, -0.2) is 17.5 Å². The Bertz CT molecular complexity index is 655. The van der Waals surface area contributed by atoms with E-state index >= 15 is 0 Å². The second kappa shape index (κ2) is 5.69. The molecule has 0 saturated carbocycles. The van der Waals surface area contributed by atoms with Crippen LogP contribution < -0.4 is 10.5 Å². The van der Waals surface area contributed by atoms with Gasteiger partial charge >= 0.3 is 0 Å². The van der Waals surface area contributed by atoms with E-state index in [0.29, 0.717) is 13.0 Å². The first kappa shape index (κ1) is 16.4. The number of hydrogen-bond acceptors (Lipinski definition) is 5. The maximum Gasteiger partial charge on any atom is 0.242 e. The van der Waals surface area contributed by atoms with Gasteiger partial charge in [0.05, 0.1) is 16.8 Å². The van der Waals surface area contributed by atoms with E-state index in [1.165, 1.54) is 0 Å². The number of sulfonamides is 1. The van der Waals surface area contributed by atoms with Gasteiger partial charge in [0.25, 0.3) is 0 Å². The summed E-state index contributed by atoms with van der Waals surface area (Å²) in [6.45, 7) is 1.78. The molecule has 1 aromatic rings. The van der Waals surface area contributed by atoms with Gasteiger partial charge in [-0.15, -0.1) is 0 Å². The van der Waals surface area contributed by atoms with Gasteiger partial charge in [-0.05, 0) is 19.1 Å². The van der Waals surface area contributed by atoms with Gasteiger partial charge in [0.1, 0.15) is 16.3 Å². The third-order valence-corrected chi connectivity index (χ3v) is 5.43. The molecule has 2 unspecified atom stereocenters. The van der Waals surface area contributed by atoms with Gasteiger partial charge in [-0.1, -0.05) is 11.6 Å². The van der Waals surface area contributed by atoms with Crippen molar-refractivity contribution < 1.29 is 22.7 Å². The summed E-state index contributed by atoms with van der Waals surface area (Å²) < 4.78 is 45.1. The van der Waals surface area contributed by atoms with Crippen LogP contribution in [0.5, 0.6) is 0 Å². The monoisotopic (exact) mass is 338 g/mol. The van der Waals surface area contributed by atoms with E-state index < -0.39 is 27.5 Å². The van der Waals surface area contributed by atoms with Crippen molar-refractivity contribution in [3.8, 4) is 0 Å². The third-order valence-electron chi connectivity index (χ3n) is 3.57. The predicted molar refractivity (Wildman–Crippen MR) is 76.0 cm³/mol. The molecule has 2 rings (SSSR count). The van der Waals surface area contributed by atoms with Gasteiger partial charge < -0.3 is 15.6 Å². The lowest BCUT2D eigenvalue weighted by Crippen LogP contribution is -2.47. The quantitative estimate of drug-likeness (QED) is 0.707. The fourth-order valence-electron chi connectivity index (χ4n) is 2.05. The van der Waals surface area contributed by atoms with Crippen LogP contribution in [0.4, 0.5) is 10.1 Å². The van der Waals surface area contributed by atoms with Crippen LogP contribution in [0, 0.1) is 5.82 Å². The molecule has 1 heterocycles. The Labute approximate surface area is 127 Å². The number of nitrogen functional groups attached to an aromatic ring is 1. The molecule has 0 bridgehead atoms. The SMILES string of the molecule is CC1OCCC1(O)CNS(=O)(=O)c1cc(N)c(F)cc1Cl. The average Bonchev–Trinajstić information content (AvgIpc) is 2.72. The third kappa shape index (κ3) is 3.29. The fourth-order valence-corrected chi connectivity index (χ4v) is 3.70. The molecule has 6 nitrogen and oxygen atoms in total. The van der Waals surface area contributed by atoms with E-state index in [4.69, 9.17) is 22.1 Å². The van der Waals surface area contributed by atoms with Crippen molar-refractivity contribution in [2.45, 2.75) is 29.9 Å². The zero-order valence-corrected chi connectivity index (χ0v) is 12.8. The Morgan fingerprint density at radius 2 is 2.29 bits per heavy atom. The Morgan fingerprint density at radius 3 is 2.86 bits per heavy atom. The van der Waals surface area contributed by atoms with E-state index in [1.807, 2.05) is 0 Å². The van der Waals surface area contributed by atoms with E-state index in [0.717, 1.165) is 12.1 Å². The molecule has 1 fully saturated rings. The maximum atomic E-state index is 13.2. The zero-order valence-electron chi connectivity index (χ0n) is 11.3. The van der Waals surface area contributed by atoms with Crippen LogP contribution in [-0.4, -0.2) is 38.4 Å². The number of nitrogens with two attached hydrogens (primary N) is 1. The first-order valence-electron chi connectivity index (χ1n) is 6.24. The van der Waals surface area contributed by atoms with Crippen LogP contribution in [0.3, 0.4) is 0 Å². The van der Waals surface area contributed by atoms with Gasteiger partial charge in [0.2, 0.25) is 10.0 Å². The Balaban J connectivity index is 2.21. The van der Waals surface area contributed by atoms with Crippen LogP contribution in [0.25, 0.3) is 0 Å². The fraction of sp³-hybridized carbons (Fsp3) is 0.500. The first-order chi connectivity index (χ1) is 9.66. The Morgan fingerprint density at radius 1 is 1.62 bits per heavy atom. The van der Waals surface area contributed by atoms with Gasteiger partial charge in [0, 0.05) is 19.6 Å². The summed E-state index contributed by atoms with van der Waals surface area (Å²) in [6.07, 6.45) is -0.176. The summed E-state index contributed by atoms with van der Waals surface area (Å²) in [7, 11) is -4.02. The Kier molecular flexibility index (Phi) is 4.46. The van der Waals surface area contributed by atoms with Crippen molar-refractivity contribution in [2.24, 2.45) is 0 Å². The summed E-state index contributed by atoms with van der Waals surface area (Å²) >= 11 is 5.74. The summed E-state index contributed by atoms with van der Waals surface area (Å²) in [5.74, 6) is -0.796. The maximum absolute atomic E-state index is 13.2. The minimum Gasteiger partial charge on any atom is -0.396 e. The van der Waals surface area contributed by atoms with Crippen LogP contribution in [-0.2, 0) is 14.8 Å². The highest BCUT2D eigenvalue weighted by Gasteiger charge is 2.40. The molecule has 2 atom stereocenters. The number of aliphatic hydroxyl groups is 1. The van der Waals surface area contributed by atoms with Crippen molar-refractivity contribution >= 4 is 27.3 Å². The standard InChI is InChI=1S/C12H16ClFN2O4S/c1-7-12(17,2-3-20-7)6-16-21(18,19)11-5-10(15)9(14)4-8(11)13/h4-5,7,16-17H,2-3,6,15H2,1H3. The van der Waals surface area contributed by atoms with Gasteiger partial charge in [-0.2, -0.15) is 0 Å². The number of nitrogens with one attached hydrogen (secondary N) is 1. The van der Waals surface area contributed by atoms with Crippen molar-refractivity contribution in [2.75, 3.05) is 18.9 Å². The summed E-state index contributed by atoms with van der Waals surface area (Å²) in [4.78, 5) is -0.335. The lowest BCUT2D eigenvalue weighted by atomic mass is 9.97. The van der Waals surface area contributed by atoms with Crippen LogP contribution in [0.2, 0.25) is 5.02 Å². The molecule has 0 aromatic heterocycles. The molecule has 118 valence electrons. The molecular weight excluding hydrogens is 323 g/mol. The molecule has 0 aliphatic carbocycles. The molecular formula is C12H16ClFN2O4S. The molecule has 21 heavy (non-hydrogen) atoms. The highest BCUT2D eigenvalue weighted by Crippen LogP contribution is 2.28. The minimum absolute atomic E-state index is 0.232. The number of benzene rings is 1. The topological polar surface area (TPSA) is 102 Å². The highest BCUT2D eigenvalue weighted by molar-refractivity contribution is 7.89. The van der Waals surface area contributed by atoms with Crippen molar-refractivity contribution in [1.82, 2.24) is 4.72 Å². The van der Waals surface area contributed by atoms with Crippen LogP contribution in [0.15, 0.2) is 17.0 Å². The van der Waals surface area contributed by atoms with E-state index in [1.54, 1.807) is 6.92 Å². The largest absolute Gasteiger partial charge is 0.396 e. The molecule has 9 heteroatoms. The van der Waals surface area contributed by atoms with E-state index in [2.05, 4.69) is 4.72 Å². The highest BCUT2D eigenvalue weighted by atomic mass is 35.5. The van der Waals surface area contributed by atoms with Gasteiger partial charge in [-0.3, -0.25) is 0 Å². The Hall–Kier alpha value is -0.930. The molecule has 1 saturated heterocycles. The summed E-state index contributed by atoms with van der Waals surface area (Å²) in [6, 6.07) is 1.78. The van der Waals surface area contributed by atoms with Crippen LogP contribution >= 0.6 is 11.6 Å². The van der Waals surface area contributed by atoms with Crippen LogP contribution in [0.1, 0.15) is 13.3 Å². The first-order valence-corrected chi connectivity index (χ1v) is 8.10. The predicted octanol–water partition coefficient (Wildman–Crippen LogP) is 0.879. The van der Waals surface area contributed by atoms with E-state index in [-0.39, 0.29) is 22.2 Å². The molecule has 0 spiro atoms. The number of hydrogen-bond donors (Lipinski definition) is 3. The molecule has 1 aliphatic heterocycles. The number of halogens is 2. The normalized spacial score (nSPS) is 26.2. The average molecular weight is 339 g/mol.